The number of halogens is 1. The third-order valence-corrected chi connectivity index (χ3v) is 8.41. The van der Waals surface area contributed by atoms with Crippen molar-refractivity contribution in [2.75, 3.05) is 33.9 Å². The Morgan fingerprint density at radius 1 is 1.27 bits per heavy atom. The van der Waals surface area contributed by atoms with Gasteiger partial charge in [0.1, 0.15) is 5.17 Å². The van der Waals surface area contributed by atoms with E-state index in [4.69, 9.17) is 21.1 Å². The summed E-state index contributed by atoms with van der Waals surface area (Å²) >= 11 is 7.55. The number of hydrogen-bond acceptors (Lipinski definition) is 8. The lowest BCUT2D eigenvalue weighted by Crippen LogP contribution is -2.45. The normalized spacial score (nSPS) is 23.3. The van der Waals surface area contributed by atoms with Gasteiger partial charge in [-0.2, -0.15) is 0 Å². The first-order valence-electron chi connectivity index (χ1n) is 9.70. The summed E-state index contributed by atoms with van der Waals surface area (Å²) in [6, 6.07) is 4.08. The summed E-state index contributed by atoms with van der Waals surface area (Å²) in [7, 11) is -0.353. The summed E-state index contributed by atoms with van der Waals surface area (Å²) in [6.45, 7) is 2.88. The molecule has 1 aromatic rings. The minimum absolute atomic E-state index is 0.112. The van der Waals surface area contributed by atoms with Gasteiger partial charge in [-0.15, -0.1) is 0 Å². The van der Waals surface area contributed by atoms with Crippen molar-refractivity contribution in [2.45, 2.75) is 30.3 Å². The Hall–Kier alpha value is -1.46. The molecule has 3 aliphatic rings. The monoisotopic (exact) mass is 472 g/mol. The third kappa shape index (κ3) is 4.29. The summed E-state index contributed by atoms with van der Waals surface area (Å²) in [5.74, 6) is 1.48. The predicted octanol–water partition coefficient (Wildman–Crippen LogP) is 2.15. The molecule has 3 heterocycles. The molecule has 0 fully saturated rings. The predicted molar refractivity (Wildman–Crippen MR) is 120 cm³/mol. The molecule has 0 aromatic heterocycles. The molecular weight excluding hydrogens is 448 g/mol. The molecule has 8 nitrogen and oxygen atoms in total. The molecule has 2 unspecified atom stereocenters. The highest BCUT2D eigenvalue weighted by Crippen LogP contribution is 2.36. The van der Waals surface area contributed by atoms with Gasteiger partial charge in [-0.25, -0.2) is 18.1 Å². The van der Waals surface area contributed by atoms with E-state index in [1.807, 2.05) is 17.5 Å². The van der Waals surface area contributed by atoms with Crippen LogP contribution in [0.25, 0.3) is 0 Å². The molecule has 11 heteroatoms. The number of thioether (sulfide) groups is 1. The van der Waals surface area contributed by atoms with Gasteiger partial charge < -0.3 is 14.4 Å². The topological polar surface area (TPSA) is 83.5 Å². The van der Waals surface area contributed by atoms with Crippen LogP contribution in [0.5, 0.6) is 11.5 Å². The van der Waals surface area contributed by atoms with Gasteiger partial charge in [0.25, 0.3) is 0 Å². The van der Waals surface area contributed by atoms with E-state index in [9.17, 15) is 8.42 Å². The zero-order valence-electron chi connectivity index (χ0n) is 16.9. The third-order valence-electron chi connectivity index (χ3n) is 5.44. The van der Waals surface area contributed by atoms with E-state index in [1.165, 1.54) is 22.9 Å². The lowest BCUT2D eigenvalue weighted by atomic mass is 9.98. The fourth-order valence-corrected chi connectivity index (χ4v) is 6.88. The van der Waals surface area contributed by atoms with Gasteiger partial charge in [0.05, 0.1) is 14.2 Å². The number of aliphatic imine (C=N–C) groups is 1. The Morgan fingerprint density at radius 2 is 2.00 bits per heavy atom. The van der Waals surface area contributed by atoms with E-state index in [-0.39, 0.29) is 10.7 Å². The Kier molecular flexibility index (Phi) is 6.50. The van der Waals surface area contributed by atoms with Gasteiger partial charge in [0.15, 0.2) is 17.0 Å². The second kappa shape index (κ2) is 8.96. The summed E-state index contributed by atoms with van der Waals surface area (Å²) < 4.78 is 39.0. The van der Waals surface area contributed by atoms with Crippen LogP contribution < -0.4 is 14.2 Å². The maximum absolute atomic E-state index is 12.7. The molecule has 0 amide bonds. The van der Waals surface area contributed by atoms with Crippen molar-refractivity contribution in [3.05, 3.63) is 34.9 Å². The van der Waals surface area contributed by atoms with Crippen molar-refractivity contribution in [2.24, 2.45) is 4.99 Å². The maximum atomic E-state index is 12.7. The van der Waals surface area contributed by atoms with E-state index in [1.54, 1.807) is 25.3 Å². The molecule has 0 saturated carbocycles. The lowest BCUT2D eigenvalue weighted by Gasteiger charge is -2.29. The second-order valence-electron chi connectivity index (χ2n) is 7.29. The smallest absolute Gasteiger partial charge is 0.239 e. The van der Waals surface area contributed by atoms with Crippen LogP contribution in [0.1, 0.15) is 17.5 Å². The first kappa shape index (κ1) is 21.8. The molecule has 2 atom stereocenters. The number of sulfonamides is 1. The Labute approximate surface area is 186 Å². The Balaban J connectivity index is 1.29. The molecule has 1 aromatic carbocycles. The molecular formula is C19H25ClN4O4S2. The van der Waals surface area contributed by atoms with Gasteiger partial charge in [-0.1, -0.05) is 23.4 Å². The molecule has 0 spiro atoms. The van der Waals surface area contributed by atoms with E-state index < -0.39 is 15.4 Å². The summed E-state index contributed by atoms with van der Waals surface area (Å²) in [5, 5.41) is 1.000. The van der Waals surface area contributed by atoms with Gasteiger partial charge in [0.2, 0.25) is 15.4 Å². The van der Waals surface area contributed by atoms with Crippen molar-refractivity contribution in [1.29, 1.82) is 0 Å². The van der Waals surface area contributed by atoms with Crippen LogP contribution in [0.15, 0.2) is 28.7 Å². The molecule has 0 radical (unpaired) electrons. The molecule has 1 N–H and O–H groups in total. The number of benzene rings is 1. The molecule has 164 valence electrons. The number of nitrogens with zero attached hydrogens (tertiary/aromatic N) is 3. The standard InChI is InChI=1S/C19H25ClN4O4S2/c1-27-15-10-13-4-7-23(12-14(13)11-16(15)28-2)6-3-5-21-30(25,26)18-17(20)22-19-24(18)8-9-29-19/h8-11,18-19,21H,3-7,12H2,1-2H3. The molecule has 4 rings (SSSR count). The molecule has 0 bridgehead atoms. The first-order valence-corrected chi connectivity index (χ1v) is 12.6. The van der Waals surface area contributed by atoms with Crippen LogP contribution >= 0.6 is 23.4 Å². The van der Waals surface area contributed by atoms with E-state index in [0.29, 0.717) is 13.0 Å². The van der Waals surface area contributed by atoms with Gasteiger partial charge in [-0.3, -0.25) is 4.90 Å². The van der Waals surface area contributed by atoms with E-state index >= 15 is 0 Å². The van der Waals surface area contributed by atoms with Crippen LogP contribution in [0, 0.1) is 0 Å². The number of methoxy groups -OCH3 is 2. The molecule has 0 aliphatic carbocycles. The van der Waals surface area contributed by atoms with Crippen molar-refractivity contribution in [1.82, 2.24) is 14.5 Å². The van der Waals surface area contributed by atoms with Crippen LogP contribution in [0.3, 0.4) is 0 Å². The van der Waals surface area contributed by atoms with Crippen LogP contribution in [0.4, 0.5) is 0 Å². The Morgan fingerprint density at radius 3 is 2.73 bits per heavy atom. The number of hydrogen-bond donors (Lipinski definition) is 1. The summed E-state index contributed by atoms with van der Waals surface area (Å²) in [4.78, 5) is 8.20. The lowest BCUT2D eigenvalue weighted by molar-refractivity contribution is 0.250. The van der Waals surface area contributed by atoms with Crippen LogP contribution in [-0.2, 0) is 23.0 Å². The minimum Gasteiger partial charge on any atom is -0.493 e. The van der Waals surface area contributed by atoms with E-state index in [0.717, 1.165) is 37.6 Å². The van der Waals surface area contributed by atoms with E-state index in [2.05, 4.69) is 14.6 Å². The quantitative estimate of drug-likeness (QED) is 0.580. The minimum atomic E-state index is -3.63. The number of nitrogens with one attached hydrogen (secondary N) is 1. The number of rotatable bonds is 8. The molecule has 3 aliphatic heterocycles. The zero-order valence-corrected chi connectivity index (χ0v) is 19.3. The van der Waals surface area contributed by atoms with Crippen LogP contribution in [0.2, 0.25) is 0 Å². The van der Waals surface area contributed by atoms with Gasteiger partial charge in [-0.05, 0) is 48.1 Å². The molecule has 30 heavy (non-hydrogen) atoms. The highest BCUT2D eigenvalue weighted by Gasteiger charge is 2.44. The zero-order chi connectivity index (χ0) is 21.3. The average molecular weight is 473 g/mol. The maximum Gasteiger partial charge on any atom is 0.239 e. The highest BCUT2D eigenvalue weighted by atomic mass is 35.5. The van der Waals surface area contributed by atoms with Crippen LogP contribution in [-0.4, -0.2) is 68.1 Å². The summed E-state index contributed by atoms with van der Waals surface area (Å²) in [5.41, 5.74) is 2.21. The van der Waals surface area contributed by atoms with Crippen molar-refractivity contribution in [3.8, 4) is 11.5 Å². The fraction of sp³-hybridized carbons (Fsp3) is 0.526. The largest absolute Gasteiger partial charge is 0.493 e. The average Bonchev–Trinajstić information content (AvgIpc) is 3.29. The fourth-order valence-electron chi connectivity index (χ4n) is 3.92. The first-order chi connectivity index (χ1) is 14.4. The van der Waals surface area contributed by atoms with Gasteiger partial charge >= 0.3 is 0 Å². The highest BCUT2D eigenvalue weighted by molar-refractivity contribution is 8.03. The van der Waals surface area contributed by atoms with Crippen molar-refractivity contribution in [3.63, 3.8) is 0 Å². The second-order valence-corrected chi connectivity index (χ2v) is 10.5. The van der Waals surface area contributed by atoms with Crippen molar-refractivity contribution < 1.29 is 17.9 Å². The van der Waals surface area contributed by atoms with Gasteiger partial charge in [0, 0.05) is 25.8 Å². The number of ether oxygens (including phenoxy) is 2. The summed E-state index contributed by atoms with van der Waals surface area (Å²) in [6.07, 6.45) is 3.36. The van der Waals surface area contributed by atoms with Crippen molar-refractivity contribution >= 4 is 38.6 Å². The SMILES string of the molecule is COc1cc2c(cc1OC)CN(CCCNS(=O)(=O)C1C(Cl)=NC3SC=CN31)CC2. The Bertz CT molecular complexity index is 970. The number of fused-ring (bicyclic) bond motifs is 2. The molecule has 0 saturated heterocycles.